The summed E-state index contributed by atoms with van der Waals surface area (Å²) in [5.74, 6) is 0. The van der Waals surface area contributed by atoms with Gasteiger partial charge in [0.25, 0.3) is 0 Å². The van der Waals surface area contributed by atoms with E-state index in [1.165, 1.54) is 38.5 Å². The monoisotopic (exact) mass is 251 g/mol. The average Bonchev–Trinajstić information content (AvgIpc) is 2.68. The van der Waals surface area contributed by atoms with Crippen LogP contribution in [0.25, 0.3) is 0 Å². The first-order valence-corrected chi connectivity index (χ1v) is 7.64. The highest BCUT2D eigenvalue weighted by Gasteiger charge is 2.37. The van der Waals surface area contributed by atoms with Gasteiger partial charge in [-0.2, -0.15) is 0 Å². The Balaban J connectivity index is 1.67. The van der Waals surface area contributed by atoms with Gasteiger partial charge in [-0.05, 0) is 19.3 Å². The van der Waals surface area contributed by atoms with Gasteiger partial charge in [0.15, 0.2) is 0 Å². The summed E-state index contributed by atoms with van der Waals surface area (Å²) in [5.41, 5.74) is 0. The second-order valence-corrected chi connectivity index (χ2v) is 5.96. The minimum atomic E-state index is 0.319. The van der Waals surface area contributed by atoms with Crippen LogP contribution in [-0.2, 0) is 0 Å². The van der Waals surface area contributed by atoms with Gasteiger partial charge in [-0.3, -0.25) is 0 Å². The Hall–Kier alpha value is -0.770. The molecule has 0 aromatic carbocycles. The van der Waals surface area contributed by atoms with E-state index < -0.39 is 0 Å². The van der Waals surface area contributed by atoms with Crippen molar-refractivity contribution in [3.05, 3.63) is 0 Å². The maximum atomic E-state index is 12.6. The van der Waals surface area contributed by atoms with Gasteiger partial charge in [-0.15, -0.1) is 0 Å². The van der Waals surface area contributed by atoms with Crippen molar-refractivity contribution >= 4 is 6.03 Å². The van der Waals surface area contributed by atoms with Gasteiger partial charge in [-0.1, -0.05) is 25.7 Å². The molecule has 1 aliphatic carbocycles. The molecule has 18 heavy (non-hydrogen) atoms. The molecule has 0 aromatic heterocycles. The molecule has 4 heteroatoms. The molecule has 1 saturated carbocycles. The van der Waals surface area contributed by atoms with Crippen molar-refractivity contribution in [1.29, 1.82) is 0 Å². The van der Waals surface area contributed by atoms with Crippen molar-refractivity contribution in [2.45, 2.75) is 57.0 Å². The maximum Gasteiger partial charge on any atom is 0.320 e. The molecule has 2 heterocycles. The minimum Gasteiger partial charge on any atom is -0.322 e. The molecule has 0 bridgehead atoms. The van der Waals surface area contributed by atoms with Crippen molar-refractivity contribution in [2.75, 3.05) is 26.2 Å². The zero-order valence-corrected chi connectivity index (χ0v) is 11.2. The number of piperazine rings is 1. The molecular weight excluding hydrogens is 226 g/mol. The summed E-state index contributed by atoms with van der Waals surface area (Å²) in [4.78, 5) is 16.9. The molecular formula is C14H25N3O. The fraction of sp³-hybridized carbons (Fsp3) is 0.929. The lowest BCUT2D eigenvalue weighted by atomic mass is 10.0. The lowest BCUT2D eigenvalue weighted by Crippen LogP contribution is -2.63. The Morgan fingerprint density at radius 3 is 2.39 bits per heavy atom. The normalized spacial score (nSPS) is 31.1. The number of carbonyl (C=O) groups excluding carboxylic acids is 1. The smallest absolute Gasteiger partial charge is 0.320 e. The van der Waals surface area contributed by atoms with E-state index >= 15 is 0 Å². The molecule has 1 atom stereocenters. The van der Waals surface area contributed by atoms with Crippen LogP contribution >= 0.6 is 0 Å². The zero-order valence-electron chi connectivity index (χ0n) is 11.2. The summed E-state index contributed by atoms with van der Waals surface area (Å²) in [5, 5.41) is 3.40. The Morgan fingerprint density at radius 2 is 1.61 bits per heavy atom. The van der Waals surface area contributed by atoms with E-state index in [-0.39, 0.29) is 0 Å². The molecule has 0 spiro atoms. The molecule has 0 aromatic rings. The van der Waals surface area contributed by atoms with E-state index in [1.807, 2.05) is 0 Å². The third-order valence-electron chi connectivity index (χ3n) is 4.81. The van der Waals surface area contributed by atoms with Gasteiger partial charge in [0, 0.05) is 38.3 Å². The molecule has 2 aliphatic heterocycles. The molecule has 2 amide bonds. The third-order valence-corrected chi connectivity index (χ3v) is 4.81. The average molecular weight is 251 g/mol. The second-order valence-electron chi connectivity index (χ2n) is 5.96. The molecule has 3 rings (SSSR count). The summed E-state index contributed by atoms with van der Waals surface area (Å²) < 4.78 is 0. The van der Waals surface area contributed by atoms with Crippen LogP contribution in [0.4, 0.5) is 4.79 Å². The SMILES string of the molecule is O=C1N(C2CCCCCC2)CCC2CNCCN12. The molecule has 1 unspecified atom stereocenters. The van der Waals surface area contributed by atoms with Crippen LogP contribution in [0, 0.1) is 0 Å². The fourth-order valence-electron chi connectivity index (χ4n) is 3.73. The van der Waals surface area contributed by atoms with Crippen molar-refractivity contribution in [2.24, 2.45) is 0 Å². The predicted octanol–water partition coefficient (Wildman–Crippen LogP) is 1.81. The second kappa shape index (κ2) is 5.47. The quantitative estimate of drug-likeness (QED) is 0.721. The molecule has 1 N–H and O–H groups in total. The summed E-state index contributed by atoms with van der Waals surface area (Å²) in [6, 6.07) is 1.30. The molecule has 3 aliphatic rings. The van der Waals surface area contributed by atoms with Crippen molar-refractivity contribution in [3.63, 3.8) is 0 Å². The highest BCUT2D eigenvalue weighted by Crippen LogP contribution is 2.27. The zero-order chi connectivity index (χ0) is 12.4. The van der Waals surface area contributed by atoms with Crippen LogP contribution in [0.5, 0.6) is 0 Å². The fourth-order valence-corrected chi connectivity index (χ4v) is 3.73. The molecule has 0 radical (unpaired) electrons. The predicted molar refractivity (Wildman–Crippen MR) is 71.6 cm³/mol. The lowest BCUT2D eigenvalue weighted by Gasteiger charge is -2.46. The van der Waals surface area contributed by atoms with Crippen molar-refractivity contribution in [3.8, 4) is 0 Å². The Morgan fingerprint density at radius 1 is 0.889 bits per heavy atom. The molecule has 2 saturated heterocycles. The van der Waals surface area contributed by atoms with Crippen LogP contribution in [0.3, 0.4) is 0 Å². The van der Waals surface area contributed by atoms with Crippen molar-refractivity contribution in [1.82, 2.24) is 15.1 Å². The van der Waals surface area contributed by atoms with Crippen LogP contribution < -0.4 is 5.32 Å². The summed E-state index contributed by atoms with van der Waals surface area (Å²) >= 11 is 0. The number of nitrogens with zero attached hydrogens (tertiary/aromatic N) is 2. The first kappa shape index (κ1) is 12.3. The van der Waals surface area contributed by atoms with Gasteiger partial charge in [-0.25, -0.2) is 4.79 Å². The van der Waals surface area contributed by atoms with E-state index in [0.29, 0.717) is 18.1 Å². The first-order chi connectivity index (χ1) is 8.86. The van der Waals surface area contributed by atoms with Gasteiger partial charge in [0.1, 0.15) is 0 Å². The van der Waals surface area contributed by atoms with E-state index in [4.69, 9.17) is 0 Å². The maximum absolute atomic E-state index is 12.6. The minimum absolute atomic E-state index is 0.319. The van der Waals surface area contributed by atoms with Gasteiger partial charge < -0.3 is 15.1 Å². The number of nitrogens with one attached hydrogen (secondary N) is 1. The number of rotatable bonds is 1. The van der Waals surface area contributed by atoms with E-state index in [1.54, 1.807) is 0 Å². The molecule has 4 nitrogen and oxygen atoms in total. The van der Waals surface area contributed by atoms with Crippen LogP contribution in [-0.4, -0.2) is 54.1 Å². The number of amides is 2. The first-order valence-electron chi connectivity index (χ1n) is 7.64. The highest BCUT2D eigenvalue weighted by molar-refractivity contribution is 5.76. The number of urea groups is 1. The summed E-state index contributed by atoms with van der Waals surface area (Å²) in [6.45, 7) is 3.82. The highest BCUT2D eigenvalue weighted by atomic mass is 16.2. The van der Waals surface area contributed by atoms with Crippen LogP contribution in [0.2, 0.25) is 0 Å². The number of fused-ring (bicyclic) bond motifs is 1. The topological polar surface area (TPSA) is 35.6 Å². The van der Waals surface area contributed by atoms with Crippen LogP contribution in [0.1, 0.15) is 44.9 Å². The van der Waals surface area contributed by atoms with Gasteiger partial charge in [0.05, 0.1) is 0 Å². The Bertz CT molecular complexity index is 299. The lowest BCUT2D eigenvalue weighted by molar-refractivity contribution is 0.0652. The number of hydrogen-bond donors (Lipinski definition) is 1. The largest absolute Gasteiger partial charge is 0.322 e. The van der Waals surface area contributed by atoms with Gasteiger partial charge >= 0.3 is 6.03 Å². The van der Waals surface area contributed by atoms with E-state index in [9.17, 15) is 4.79 Å². The van der Waals surface area contributed by atoms with E-state index in [2.05, 4.69) is 15.1 Å². The van der Waals surface area contributed by atoms with E-state index in [0.717, 1.165) is 32.6 Å². The number of carbonyl (C=O) groups is 1. The molecule has 102 valence electrons. The standard InChI is InChI=1S/C14H25N3O/c18-14-16(12-5-3-1-2-4-6-12)9-7-13-11-15-8-10-17(13)14/h12-13,15H,1-11H2. The van der Waals surface area contributed by atoms with Crippen molar-refractivity contribution < 1.29 is 4.79 Å². The summed E-state index contributed by atoms with van der Waals surface area (Å²) in [7, 11) is 0. The summed E-state index contributed by atoms with van der Waals surface area (Å²) in [6.07, 6.45) is 8.92. The Labute approximate surface area is 110 Å². The number of hydrogen-bond acceptors (Lipinski definition) is 2. The molecule has 3 fully saturated rings. The Kier molecular flexibility index (Phi) is 3.73. The van der Waals surface area contributed by atoms with Gasteiger partial charge in [0.2, 0.25) is 0 Å². The third kappa shape index (κ3) is 2.35. The van der Waals surface area contributed by atoms with Crippen LogP contribution in [0.15, 0.2) is 0 Å².